The zero-order valence-corrected chi connectivity index (χ0v) is 10.9. The van der Waals surface area contributed by atoms with Gasteiger partial charge in [0, 0.05) is 18.8 Å². The van der Waals surface area contributed by atoms with E-state index >= 15 is 0 Å². The molecule has 2 aromatic rings. The molecular weight excluding hydrogens is 224 g/mol. The Morgan fingerprint density at radius 3 is 2.33 bits per heavy atom. The minimum Gasteiger partial charge on any atom is -0.290 e. The summed E-state index contributed by atoms with van der Waals surface area (Å²) in [7, 11) is 0. The number of carbonyl (C=O) groups excluding carboxylic acids is 1. The van der Waals surface area contributed by atoms with E-state index in [9.17, 15) is 4.79 Å². The van der Waals surface area contributed by atoms with Crippen molar-refractivity contribution in [2.75, 3.05) is 0 Å². The van der Waals surface area contributed by atoms with Crippen LogP contribution in [0, 0.1) is 20.8 Å². The van der Waals surface area contributed by atoms with Crippen molar-refractivity contribution in [1.82, 2.24) is 9.97 Å². The summed E-state index contributed by atoms with van der Waals surface area (Å²) in [5.41, 5.74) is 4.40. The van der Waals surface area contributed by atoms with Gasteiger partial charge in [0.15, 0.2) is 5.82 Å². The Labute approximate surface area is 107 Å². The average Bonchev–Trinajstić information content (AvgIpc) is 2.34. The number of aromatic nitrogens is 2. The highest BCUT2D eigenvalue weighted by Gasteiger charge is 2.10. The fourth-order valence-electron chi connectivity index (χ4n) is 1.71. The van der Waals surface area contributed by atoms with Crippen molar-refractivity contribution in [3.63, 3.8) is 0 Å². The van der Waals surface area contributed by atoms with Crippen LogP contribution in [0.15, 0.2) is 30.6 Å². The lowest BCUT2D eigenvalue weighted by Crippen LogP contribution is -2.08. The first-order valence-corrected chi connectivity index (χ1v) is 5.94. The topological polar surface area (TPSA) is 42.9 Å². The molecule has 0 saturated heterocycles. The van der Waals surface area contributed by atoms with Crippen LogP contribution in [-0.4, -0.2) is 15.8 Å². The normalized spacial score (nSPS) is 10.4. The maximum absolute atomic E-state index is 12.0. The third-order valence-corrected chi connectivity index (χ3v) is 2.97. The number of nitrogens with zero attached hydrogens (tertiary/aromatic N) is 2. The van der Waals surface area contributed by atoms with Crippen molar-refractivity contribution in [2.45, 2.75) is 27.2 Å². The largest absolute Gasteiger partial charge is 0.290 e. The number of aryl methyl sites for hydroxylation is 3. The Morgan fingerprint density at radius 2 is 1.72 bits per heavy atom. The van der Waals surface area contributed by atoms with E-state index in [1.165, 1.54) is 11.1 Å². The van der Waals surface area contributed by atoms with Gasteiger partial charge < -0.3 is 0 Å². The van der Waals surface area contributed by atoms with Gasteiger partial charge in [-0.1, -0.05) is 18.2 Å². The third-order valence-electron chi connectivity index (χ3n) is 2.97. The second-order valence-corrected chi connectivity index (χ2v) is 4.60. The Kier molecular flexibility index (Phi) is 3.51. The summed E-state index contributed by atoms with van der Waals surface area (Å²) in [6.07, 6.45) is 3.69. The maximum Gasteiger partial charge on any atom is 0.204 e. The van der Waals surface area contributed by atoms with E-state index in [1.807, 2.05) is 32.0 Å². The number of rotatable bonds is 3. The van der Waals surface area contributed by atoms with Crippen molar-refractivity contribution in [2.24, 2.45) is 0 Å². The summed E-state index contributed by atoms with van der Waals surface area (Å²) >= 11 is 0. The first-order valence-electron chi connectivity index (χ1n) is 5.94. The predicted molar refractivity (Wildman–Crippen MR) is 70.7 cm³/mol. The monoisotopic (exact) mass is 240 g/mol. The van der Waals surface area contributed by atoms with Crippen LogP contribution in [0.2, 0.25) is 0 Å². The summed E-state index contributed by atoms with van der Waals surface area (Å²) < 4.78 is 0. The summed E-state index contributed by atoms with van der Waals surface area (Å²) in [6, 6.07) is 6.06. The molecule has 0 radical (unpaired) electrons. The molecule has 0 aliphatic heterocycles. The minimum atomic E-state index is -0.0433. The fourth-order valence-corrected chi connectivity index (χ4v) is 1.71. The Morgan fingerprint density at radius 1 is 1.06 bits per heavy atom. The van der Waals surface area contributed by atoms with Crippen LogP contribution in [0.25, 0.3) is 0 Å². The SMILES string of the molecule is Cc1cnc(C(=O)Cc2ccc(C)c(C)c2)nc1. The van der Waals surface area contributed by atoms with Crippen molar-refractivity contribution in [3.8, 4) is 0 Å². The smallest absolute Gasteiger partial charge is 0.204 e. The van der Waals surface area contributed by atoms with Crippen LogP contribution in [-0.2, 0) is 6.42 Å². The van der Waals surface area contributed by atoms with Gasteiger partial charge in [-0.25, -0.2) is 9.97 Å². The van der Waals surface area contributed by atoms with Gasteiger partial charge in [-0.15, -0.1) is 0 Å². The van der Waals surface area contributed by atoms with Gasteiger partial charge >= 0.3 is 0 Å². The number of Topliss-reactive ketones (excluding diaryl/α,β-unsaturated/α-hetero) is 1. The van der Waals surface area contributed by atoms with E-state index < -0.39 is 0 Å². The second kappa shape index (κ2) is 5.08. The minimum absolute atomic E-state index is 0.0433. The molecule has 3 nitrogen and oxygen atoms in total. The summed E-state index contributed by atoms with van der Waals surface area (Å²) in [5, 5.41) is 0. The van der Waals surface area contributed by atoms with Crippen molar-refractivity contribution in [1.29, 1.82) is 0 Å². The molecule has 0 N–H and O–H groups in total. The molecule has 0 aliphatic rings. The van der Waals surface area contributed by atoms with Gasteiger partial charge in [0.25, 0.3) is 0 Å². The van der Waals surface area contributed by atoms with Crippen LogP contribution in [0.4, 0.5) is 0 Å². The van der Waals surface area contributed by atoms with Gasteiger partial charge in [-0.05, 0) is 43.0 Å². The van der Waals surface area contributed by atoms with Crippen LogP contribution >= 0.6 is 0 Å². The zero-order valence-electron chi connectivity index (χ0n) is 10.9. The lowest BCUT2D eigenvalue weighted by atomic mass is 10.0. The number of ketones is 1. The highest BCUT2D eigenvalue weighted by Crippen LogP contribution is 2.11. The second-order valence-electron chi connectivity index (χ2n) is 4.60. The van der Waals surface area contributed by atoms with E-state index in [-0.39, 0.29) is 5.78 Å². The van der Waals surface area contributed by atoms with Crippen LogP contribution < -0.4 is 0 Å². The Bertz CT molecular complexity index is 574. The molecule has 18 heavy (non-hydrogen) atoms. The first kappa shape index (κ1) is 12.4. The van der Waals surface area contributed by atoms with Crippen molar-refractivity contribution in [3.05, 3.63) is 58.7 Å². The van der Waals surface area contributed by atoms with Gasteiger partial charge in [0.2, 0.25) is 5.78 Å². The Balaban J connectivity index is 2.16. The molecule has 0 fully saturated rings. The third kappa shape index (κ3) is 2.80. The Hall–Kier alpha value is -2.03. The van der Waals surface area contributed by atoms with Gasteiger partial charge in [-0.2, -0.15) is 0 Å². The lowest BCUT2D eigenvalue weighted by Gasteiger charge is -2.04. The first-order chi connectivity index (χ1) is 8.56. The van der Waals surface area contributed by atoms with Crippen LogP contribution in [0.5, 0.6) is 0 Å². The van der Waals surface area contributed by atoms with Crippen LogP contribution in [0.1, 0.15) is 32.9 Å². The number of hydrogen-bond donors (Lipinski definition) is 0. The fraction of sp³-hybridized carbons (Fsp3) is 0.267. The lowest BCUT2D eigenvalue weighted by molar-refractivity contribution is 0.0983. The summed E-state index contributed by atoms with van der Waals surface area (Å²) in [4.78, 5) is 20.1. The molecule has 0 spiro atoms. The molecule has 0 atom stereocenters. The molecule has 3 heteroatoms. The van der Waals surface area contributed by atoms with Gasteiger partial charge in [0.05, 0.1) is 0 Å². The zero-order chi connectivity index (χ0) is 13.1. The van der Waals surface area contributed by atoms with E-state index in [4.69, 9.17) is 0 Å². The van der Waals surface area contributed by atoms with Crippen molar-refractivity contribution < 1.29 is 4.79 Å². The standard InChI is InChI=1S/C15H16N2O/c1-10-8-16-15(17-9-10)14(18)7-13-5-4-11(2)12(3)6-13/h4-6,8-9H,7H2,1-3H3. The average molecular weight is 240 g/mol. The molecule has 0 aliphatic carbocycles. The number of benzene rings is 1. The molecule has 0 unspecified atom stereocenters. The molecule has 0 saturated carbocycles. The summed E-state index contributed by atoms with van der Waals surface area (Å²) in [6.45, 7) is 6.01. The van der Waals surface area contributed by atoms with E-state index in [0.717, 1.165) is 11.1 Å². The van der Waals surface area contributed by atoms with Crippen LogP contribution in [0.3, 0.4) is 0 Å². The molecule has 0 amide bonds. The highest BCUT2D eigenvalue weighted by atomic mass is 16.1. The number of carbonyl (C=O) groups is 1. The molecule has 1 heterocycles. The number of hydrogen-bond acceptors (Lipinski definition) is 3. The van der Waals surface area contributed by atoms with E-state index in [1.54, 1.807) is 12.4 Å². The predicted octanol–water partition coefficient (Wildman–Crippen LogP) is 2.83. The quantitative estimate of drug-likeness (QED) is 0.775. The molecule has 0 bridgehead atoms. The summed E-state index contributed by atoms with van der Waals surface area (Å²) in [5.74, 6) is 0.247. The van der Waals surface area contributed by atoms with Gasteiger partial charge in [-0.3, -0.25) is 4.79 Å². The molecular formula is C15H16N2O. The van der Waals surface area contributed by atoms with Crippen molar-refractivity contribution >= 4 is 5.78 Å². The van der Waals surface area contributed by atoms with E-state index in [2.05, 4.69) is 16.9 Å². The van der Waals surface area contributed by atoms with Gasteiger partial charge in [0.1, 0.15) is 0 Å². The molecule has 1 aromatic heterocycles. The highest BCUT2D eigenvalue weighted by molar-refractivity contribution is 5.94. The van der Waals surface area contributed by atoms with E-state index in [0.29, 0.717) is 12.2 Å². The molecule has 2 rings (SSSR count). The molecule has 92 valence electrons. The molecule has 1 aromatic carbocycles. The maximum atomic E-state index is 12.0.